The number of aryl methyl sites for hydroxylation is 2. The maximum Gasteiger partial charge on any atom is 0.160 e. The Hall–Kier alpha value is -5.54. The molecule has 0 N–H and O–H groups in total. The minimum absolute atomic E-state index is 0.592. The van der Waals surface area contributed by atoms with Crippen LogP contribution in [-0.2, 0) is 6.42 Å². The molecule has 0 saturated heterocycles. The van der Waals surface area contributed by atoms with Crippen molar-refractivity contribution in [3.63, 3.8) is 0 Å². The van der Waals surface area contributed by atoms with Crippen molar-refractivity contribution in [2.45, 2.75) is 20.3 Å². The average Bonchev–Trinajstić information content (AvgIpc) is 3.39. The van der Waals surface area contributed by atoms with Crippen molar-refractivity contribution < 1.29 is 0 Å². The second kappa shape index (κ2) is 11.6. The van der Waals surface area contributed by atoms with Gasteiger partial charge in [-0.05, 0) is 89.9 Å². The first-order valence-electron chi connectivity index (χ1n) is 15.0. The Balaban J connectivity index is 1.52. The van der Waals surface area contributed by atoms with Gasteiger partial charge >= 0.3 is 0 Å². The van der Waals surface area contributed by atoms with Gasteiger partial charge in [0.25, 0.3) is 0 Å². The first-order valence-corrected chi connectivity index (χ1v) is 15.0. The van der Waals surface area contributed by atoms with E-state index in [1.165, 1.54) is 49.4 Å². The van der Waals surface area contributed by atoms with Crippen LogP contribution in [0.3, 0.4) is 0 Å². The molecular weight excluding hydrogens is 534 g/mol. The molecule has 0 aliphatic rings. The molecule has 0 bridgehead atoms. The summed E-state index contributed by atoms with van der Waals surface area (Å²) >= 11 is 0. The van der Waals surface area contributed by atoms with E-state index in [1.807, 2.05) is 36.4 Å². The third-order valence-electron chi connectivity index (χ3n) is 8.51. The molecule has 3 nitrogen and oxygen atoms in total. The molecule has 0 unspecified atom stereocenters. The summed E-state index contributed by atoms with van der Waals surface area (Å²) in [5, 5.41) is 4.86. The van der Waals surface area contributed by atoms with E-state index in [0.717, 1.165) is 28.8 Å². The molecule has 0 aliphatic carbocycles. The number of hydrogen-bond acceptors (Lipinski definition) is 1. The van der Waals surface area contributed by atoms with Gasteiger partial charge in [0.05, 0.1) is 11.0 Å². The number of aromatic nitrogens is 1. The molecule has 6 aromatic carbocycles. The molecule has 0 amide bonds. The fraction of sp³-hybridized carbons (Fsp3) is 0.0732. The van der Waals surface area contributed by atoms with Gasteiger partial charge in [-0.3, -0.25) is 4.57 Å². The SMILES string of the molecule is C=N/C(=N\C(=C/Cc1ccccc1)n1c2ccccc2c2cc3ccc(-c4ccccc4C)c(C)c3cc21)c1ccccc1. The number of benzene rings is 6. The van der Waals surface area contributed by atoms with Crippen molar-refractivity contribution >= 4 is 51.0 Å². The molecule has 212 valence electrons. The summed E-state index contributed by atoms with van der Waals surface area (Å²) in [5.74, 6) is 1.41. The van der Waals surface area contributed by atoms with Gasteiger partial charge in [-0.15, -0.1) is 0 Å². The number of fused-ring (bicyclic) bond motifs is 4. The van der Waals surface area contributed by atoms with Crippen molar-refractivity contribution in [2.24, 2.45) is 9.98 Å². The van der Waals surface area contributed by atoms with Crippen LogP contribution in [0.2, 0.25) is 0 Å². The predicted molar refractivity (Wildman–Crippen MR) is 189 cm³/mol. The summed E-state index contributed by atoms with van der Waals surface area (Å²) in [6.07, 6.45) is 2.94. The van der Waals surface area contributed by atoms with E-state index in [2.05, 4.69) is 133 Å². The Kier molecular flexibility index (Phi) is 7.21. The van der Waals surface area contributed by atoms with Crippen LogP contribution in [0.15, 0.2) is 150 Å². The van der Waals surface area contributed by atoms with Crippen molar-refractivity contribution in [1.29, 1.82) is 0 Å². The van der Waals surface area contributed by atoms with Crippen LogP contribution in [0.4, 0.5) is 0 Å². The van der Waals surface area contributed by atoms with Crippen molar-refractivity contribution in [3.05, 3.63) is 162 Å². The lowest BCUT2D eigenvalue weighted by Gasteiger charge is -2.14. The molecule has 0 fully saturated rings. The number of nitrogens with zero attached hydrogens (tertiary/aromatic N) is 3. The number of allylic oxidation sites excluding steroid dienone is 1. The van der Waals surface area contributed by atoms with Crippen LogP contribution in [-0.4, -0.2) is 17.1 Å². The predicted octanol–water partition coefficient (Wildman–Crippen LogP) is 10.4. The van der Waals surface area contributed by atoms with E-state index >= 15 is 0 Å². The molecule has 1 heterocycles. The number of para-hydroxylation sites is 1. The highest BCUT2D eigenvalue weighted by Gasteiger charge is 2.17. The van der Waals surface area contributed by atoms with Crippen molar-refractivity contribution in [1.82, 2.24) is 4.57 Å². The van der Waals surface area contributed by atoms with E-state index in [0.29, 0.717) is 5.84 Å². The fourth-order valence-electron chi connectivity index (χ4n) is 6.25. The molecule has 7 rings (SSSR count). The number of rotatable bonds is 6. The maximum atomic E-state index is 5.21. The largest absolute Gasteiger partial charge is 0.294 e. The lowest BCUT2D eigenvalue weighted by atomic mass is 9.92. The molecule has 3 heteroatoms. The van der Waals surface area contributed by atoms with Crippen molar-refractivity contribution in [2.75, 3.05) is 0 Å². The summed E-state index contributed by atoms with van der Waals surface area (Å²) in [5.41, 5.74) is 9.44. The monoisotopic (exact) mass is 567 g/mol. The summed E-state index contributed by atoms with van der Waals surface area (Å²) in [6, 6.07) is 47.0. The highest BCUT2D eigenvalue weighted by atomic mass is 15.1. The minimum atomic E-state index is 0.592. The summed E-state index contributed by atoms with van der Waals surface area (Å²) in [4.78, 5) is 9.60. The third-order valence-corrected chi connectivity index (χ3v) is 8.51. The lowest BCUT2D eigenvalue weighted by molar-refractivity contribution is 1.14. The summed E-state index contributed by atoms with van der Waals surface area (Å²) in [6.45, 7) is 8.31. The molecule has 0 aliphatic heterocycles. The Bertz CT molecular complexity index is 2220. The molecule has 44 heavy (non-hydrogen) atoms. The first kappa shape index (κ1) is 27.3. The van der Waals surface area contributed by atoms with E-state index in [-0.39, 0.29) is 0 Å². The highest BCUT2D eigenvalue weighted by Crippen LogP contribution is 2.38. The molecular formula is C41H33N3. The zero-order valence-electron chi connectivity index (χ0n) is 25.0. The van der Waals surface area contributed by atoms with E-state index in [1.54, 1.807) is 0 Å². The van der Waals surface area contributed by atoms with E-state index in [4.69, 9.17) is 4.99 Å². The summed E-state index contributed by atoms with van der Waals surface area (Å²) < 4.78 is 2.29. The topological polar surface area (TPSA) is 29.6 Å². The Morgan fingerprint density at radius 3 is 2.14 bits per heavy atom. The van der Waals surface area contributed by atoms with Gasteiger partial charge in [-0.2, -0.15) is 0 Å². The quantitative estimate of drug-likeness (QED) is 0.141. The smallest absolute Gasteiger partial charge is 0.160 e. The van der Waals surface area contributed by atoms with Gasteiger partial charge in [0.1, 0.15) is 5.82 Å². The maximum absolute atomic E-state index is 5.21. The second-order valence-electron chi connectivity index (χ2n) is 11.2. The van der Waals surface area contributed by atoms with Gasteiger partial charge in [-0.25, -0.2) is 9.98 Å². The zero-order chi connectivity index (χ0) is 30.0. The van der Waals surface area contributed by atoms with E-state index < -0.39 is 0 Å². The van der Waals surface area contributed by atoms with Gasteiger partial charge < -0.3 is 0 Å². The van der Waals surface area contributed by atoms with Crippen LogP contribution in [0.25, 0.3) is 49.5 Å². The first-order chi connectivity index (χ1) is 21.6. The molecule has 0 atom stereocenters. The Morgan fingerprint density at radius 2 is 1.36 bits per heavy atom. The number of hydrogen-bond donors (Lipinski definition) is 0. The van der Waals surface area contributed by atoms with Crippen LogP contribution in [0, 0.1) is 13.8 Å². The standard InChI is InChI=1S/C41H33N3/c1-28-14-10-11-19-33(28)34-24-23-32-26-37-35-20-12-13-21-38(35)44(39(37)27-36(32)29(34)2)40(25-22-30-15-6-4-7-16-30)43-41(42-3)31-17-8-5-9-18-31/h4-21,23-27H,3,22H2,1-2H3/b40-25+,43-41-. The van der Waals surface area contributed by atoms with Gasteiger partial charge in [-0.1, -0.05) is 115 Å². The molecule has 0 saturated carbocycles. The molecule has 1 aromatic heterocycles. The fourth-order valence-corrected chi connectivity index (χ4v) is 6.25. The normalized spacial score (nSPS) is 12.3. The zero-order valence-corrected chi connectivity index (χ0v) is 25.0. The van der Waals surface area contributed by atoms with Crippen LogP contribution < -0.4 is 0 Å². The molecule has 0 radical (unpaired) electrons. The van der Waals surface area contributed by atoms with Crippen molar-refractivity contribution in [3.8, 4) is 11.1 Å². The third kappa shape index (κ3) is 4.93. The number of amidine groups is 1. The van der Waals surface area contributed by atoms with Gasteiger partial charge in [0.2, 0.25) is 0 Å². The van der Waals surface area contributed by atoms with Gasteiger partial charge in [0.15, 0.2) is 5.84 Å². The highest BCUT2D eigenvalue weighted by molar-refractivity contribution is 6.15. The Morgan fingerprint density at radius 1 is 0.659 bits per heavy atom. The van der Waals surface area contributed by atoms with Gasteiger partial charge in [0, 0.05) is 16.3 Å². The van der Waals surface area contributed by atoms with E-state index in [9.17, 15) is 0 Å². The minimum Gasteiger partial charge on any atom is -0.294 e. The second-order valence-corrected chi connectivity index (χ2v) is 11.2. The van der Waals surface area contributed by atoms with Crippen LogP contribution in [0.1, 0.15) is 22.3 Å². The lowest BCUT2D eigenvalue weighted by Crippen LogP contribution is -2.02. The summed E-state index contributed by atoms with van der Waals surface area (Å²) in [7, 11) is 0. The van der Waals surface area contributed by atoms with Crippen LogP contribution >= 0.6 is 0 Å². The average molecular weight is 568 g/mol. The number of aliphatic imine (C=N–C) groups is 2. The van der Waals surface area contributed by atoms with Crippen LogP contribution in [0.5, 0.6) is 0 Å². The Labute approximate surface area is 258 Å². The molecule has 7 aromatic rings. The molecule has 0 spiro atoms.